The summed E-state index contributed by atoms with van der Waals surface area (Å²) in [6, 6.07) is 9.12. The first-order chi connectivity index (χ1) is 10.2. The third-order valence-electron chi connectivity index (χ3n) is 4.95. The smallest absolute Gasteiger partial charge is 0.118 e. The minimum absolute atomic E-state index is 0.0476. The molecule has 1 aromatic rings. The molecule has 4 nitrogen and oxygen atoms in total. The molecule has 4 heteroatoms. The molecule has 2 N–H and O–H groups in total. The van der Waals surface area contributed by atoms with E-state index in [4.69, 9.17) is 9.47 Å². The van der Waals surface area contributed by atoms with Crippen LogP contribution in [0.25, 0.3) is 0 Å². The highest BCUT2D eigenvalue weighted by atomic mass is 16.5. The van der Waals surface area contributed by atoms with Crippen LogP contribution in [0.2, 0.25) is 0 Å². The Hall–Kier alpha value is -1.10. The topological polar surface area (TPSA) is 42.5 Å². The Morgan fingerprint density at radius 3 is 2.67 bits per heavy atom. The van der Waals surface area contributed by atoms with E-state index in [9.17, 15) is 0 Å². The lowest BCUT2D eigenvalue weighted by molar-refractivity contribution is -0.0350. The van der Waals surface area contributed by atoms with Gasteiger partial charge in [-0.3, -0.25) is 0 Å². The van der Waals surface area contributed by atoms with Crippen LogP contribution in [0.1, 0.15) is 37.8 Å². The Labute approximate surface area is 127 Å². The molecular formula is C17H26N2O2. The van der Waals surface area contributed by atoms with Gasteiger partial charge in [0.15, 0.2) is 0 Å². The van der Waals surface area contributed by atoms with Crippen molar-refractivity contribution in [2.75, 3.05) is 26.8 Å². The first-order valence-corrected chi connectivity index (χ1v) is 7.98. The summed E-state index contributed by atoms with van der Waals surface area (Å²) in [5, 5.41) is 7.23. The molecule has 2 heterocycles. The van der Waals surface area contributed by atoms with Gasteiger partial charge in [-0.1, -0.05) is 12.1 Å². The van der Waals surface area contributed by atoms with Gasteiger partial charge in [-0.15, -0.1) is 0 Å². The highest BCUT2D eigenvalue weighted by Crippen LogP contribution is 2.35. The van der Waals surface area contributed by atoms with Gasteiger partial charge in [0.2, 0.25) is 0 Å². The summed E-state index contributed by atoms with van der Waals surface area (Å²) in [5.41, 5.74) is 1.35. The number of hydrogen-bond acceptors (Lipinski definition) is 4. The third-order valence-corrected chi connectivity index (χ3v) is 4.95. The van der Waals surface area contributed by atoms with Gasteiger partial charge in [0.25, 0.3) is 0 Å². The van der Waals surface area contributed by atoms with Crippen molar-refractivity contribution in [2.24, 2.45) is 0 Å². The van der Waals surface area contributed by atoms with Crippen LogP contribution < -0.4 is 15.4 Å². The summed E-state index contributed by atoms with van der Waals surface area (Å²) >= 11 is 0. The lowest BCUT2D eigenvalue weighted by Crippen LogP contribution is -2.53. The van der Waals surface area contributed by atoms with Crippen molar-refractivity contribution in [3.8, 4) is 5.75 Å². The van der Waals surface area contributed by atoms with Crippen LogP contribution in [0.15, 0.2) is 24.3 Å². The Morgan fingerprint density at radius 1 is 1.29 bits per heavy atom. The fraction of sp³-hybridized carbons (Fsp3) is 0.647. The van der Waals surface area contributed by atoms with Crippen molar-refractivity contribution >= 4 is 0 Å². The fourth-order valence-corrected chi connectivity index (χ4v) is 3.61. The molecule has 2 aliphatic heterocycles. The first kappa shape index (κ1) is 14.8. The van der Waals surface area contributed by atoms with Crippen LogP contribution in [0, 0.1) is 0 Å². The van der Waals surface area contributed by atoms with Crippen LogP contribution in [0.5, 0.6) is 5.75 Å². The van der Waals surface area contributed by atoms with Crippen LogP contribution in [-0.4, -0.2) is 38.4 Å². The lowest BCUT2D eigenvalue weighted by Gasteiger charge is -2.39. The highest BCUT2D eigenvalue weighted by Gasteiger charge is 2.45. The molecule has 0 aromatic heterocycles. The summed E-state index contributed by atoms with van der Waals surface area (Å²) in [5.74, 6) is 0.907. The number of rotatable bonds is 4. The Morgan fingerprint density at radius 2 is 2.00 bits per heavy atom. The summed E-state index contributed by atoms with van der Waals surface area (Å²) in [6.07, 6.45) is 3.33. The predicted octanol–water partition coefficient (Wildman–Crippen LogP) is 2.26. The molecule has 0 radical (unpaired) electrons. The molecule has 1 spiro atoms. The molecule has 21 heavy (non-hydrogen) atoms. The average Bonchev–Trinajstić information content (AvgIpc) is 2.90. The normalized spacial score (nSPS) is 25.9. The molecule has 0 aliphatic carbocycles. The second kappa shape index (κ2) is 6.34. The second-order valence-electron chi connectivity index (χ2n) is 6.17. The Kier molecular flexibility index (Phi) is 4.48. The molecule has 0 amide bonds. The van der Waals surface area contributed by atoms with Gasteiger partial charge in [0.05, 0.1) is 12.7 Å². The molecule has 2 saturated heterocycles. The number of piperidine rings is 1. The molecule has 1 aromatic carbocycles. The molecule has 2 fully saturated rings. The standard InChI is InChI=1S/C17H26N2O2/c1-13(14-3-5-15(20-2)6-4-14)19-16-7-12-21-17(16)8-10-18-11-9-17/h3-6,13,16,18-19H,7-12H2,1-2H3/t13-,16+/m1/s1. The van der Waals surface area contributed by atoms with Gasteiger partial charge in [-0.05, 0) is 57.0 Å². The summed E-state index contributed by atoms with van der Waals surface area (Å²) < 4.78 is 11.4. The zero-order valence-electron chi connectivity index (χ0n) is 13.0. The highest BCUT2D eigenvalue weighted by molar-refractivity contribution is 5.29. The monoisotopic (exact) mass is 290 g/mol. The van der Waals surface area contributed by atoms with Gasteiger partial charge >= 0.3 is 0 Å². The third kappa shape index (κ3) is 3.07. The minimum atomic E-state index is 0.0476. The average molecular weight is 290 g/mol. The number of methoxy groups -OCH3 is 1. The van der Waals surface area contributed by atoms with E-state index in [2.05, 4.69) is 29.7 Å². The number of nitrogens with one attached hydrogen (secondary N) is 2. The van der Waals surface area contributed by atoms with E-state index in [0.29, 0.717) is 12.1 Å². The van der Waals surface area contributed by atoms with Crippen molar-refractivity contribution in [1.29, 1.82) is 0 Å². The molecule has 3 rings (SSSR count). The van der Waals surface area contributed by atoms with Gasteiger partial charge < -0.3 is 20.1 Å². The van der Waals surface area contributed by atoms with Gasteiger partial charge in [0.1, 0.15) is 5.75 Å². The SMILES string of the molecule is COc1ccc([C@@H](C)N[C@H]2CCOC23CCNCC3)cc1. The number of ether oxygens (including phenoxy) is 2. The maximum atomic E-state index is 6.14. The van der Waals surface area contributed by atoms with Gasteiger partial charge in [-0.25, -0.2) is 0 Å². The maximum Gasteiger partial charge on any atom is 0.118 e. The fourth-order valence-electron chi connectivity index (χ4n) is 3.61. The van der Waals surface area contributed by atoms with Crippen LogP contribution in [-0.2, 0) is 4.74 Å². The summed E-state index contributed by atoms with van der Waals surface area (Å²) in [7, 11) is 1.70. The second-order valence-corrected chi connectivity index (χ2v) is 6.17. The van der Waals surface area contributed by atoms with Crippen LogP contribution in [0.4, 0.5) is 0 Å². The largest absolute Gasteiger partial charge is 0.497 e. The van der Waals surface area contributed by atoms with Gasteiger partial charge in [0, 0.05) is 18.7 Å². The van der Waals surface area contributed by atoms with Crippen molar-refractivity contribution in [3.63, 3.8) is 0 Å². The summed E-state index contributed by atoms with van der Waals surface area (Å²) in [6.45, 7) is 5.24. The molecule has 0 bridgehead atoms. The van der Waals surface area contributed by atoms with Crippen LogP contribution in [0.3, 0.4) is 0 Å². The Bertz CT molecular complexity index is 454. The number of hydrogen-bond donors (Lipinski definition) is 2. The molecule has 0 unspecified atom stereocenters. The first-order valence-electron chi connectivity index (χ1n) is 7.98. The van der Waals surface area contributed by atoms with E-state index < -0.39 is 0 Å². The Balaban J connectivity index is 1.66. The van der Waals surface area contributed by atoms with E-state index in [0.717, 1.165) is 44.7 Å². The molecule has 2 atom stereocenters. The zero-order chi connectivity index (χ0) is 14.7. The minimum Gasteiger partial charge on any atom is -0.497 e. The van der Waals surface area contributed by atoms with E-state index >= 15 is 0 Å². The van der Waals surface area contributed by atoms with E-state index in [-0.39, 0.29) is 5.60 Å². The molecular weight excluding hydrogens is 264 g/mol. The van der Waals surface area contributed by atoms with Crippen molar-refractivity contribution < 1.29 is 9.47 Å². The maximum absolute atomic E-state index is 6.14. The lowest BCUT2D eigenvalue weighted by atomic mass is 9.84. The van der Waals surface area contributed by atoms with Crippen molar-refractivity contribution in [2.45, 2.75) is 43.9 Å². The predicted molar refractivity (Wildman–Crippen MR) is 83.7 cm³/mol. The van der Waals surface area contributed by atoms with E-state index in [1.54, 1.807) is 7.11 Å². The zero-order valence-corrected chi connectivity index (χ0v) is 13.0. The van der Waals surface area contributed by atoms with E-state index in [1.807, 2.05) is 12.1 Å². The molecule has 2 aliphatic rings. The van der Waals surface area contributed by atoms with Crippen LogP contribution >= 0.6 is 0 Å². The number of benzene rings is 1. The van der Waals surface area contributed by atoms with Gasteiger partial charge in [-0.2, -0.15) is 0 Å². The summed E-state index contributed by atoms with van der Waals surface area (Å²) in [4.78, 5) is 0. The van der Waals surface area contributed by atoms with Crippen molar-refractivity contribution in [1.82, 2.24) is 10.6 Å². The van der Waals surface area contributed by atoms with E-state index in [1.165, 1.54) is 5.56 Å². The van der Waals surface area contributed by atoms with Crippen molar-refractivity contribution in [3.05, 3.63) is 29.8 Å². The molecule has 0 saturated carbocycles. The quantitative estimate of drug-likeness (QED) is 0.892. The molecule has 116 valence electrons.